The molecular formula is C12H9NO2. The fourth-order valence-electron chi connectivity index (χ4n) is 1.32. The largest absolute Gasteiger partial charge is 0.506 e. The van der Waals surface area contributed by atoms with Crippen LogP contribution in [0.1, 0.15) is 15.9 Å². The van der Waals surface area contributed by atoms with Gasteiger partial charge in [0.05, 0.1) is 11.8 Å². The highest BCUT2D eigenvalue weighted by molar-refractivity contribution is 6.10. The van der Waals surface area contributed by atoms with Gasteiger partial charge in [-0.1, -0.05) is 30.3 Å². The van der Waals surface area contributed by atoms with E-state index >= 15 is 0 Å². The van der Waals surface area contributed by atoms with Crippen LogP contribution in [0, 0.1) is 0 Å². The van der Waals surface area contributed by atoms with Gasteiger partial charge in [-0.25, -0.2) is 0 Å². The minimum Gasteiger partial charge on any atom is -0.506 e. The third-order valence-electron chi connectivity index (χ3n) is 2.08. The highest BCUT2D eigenvalue weighted by Crippen LogP contribution is 2.18. The monoisotopic (exact) mass is 199 g/mol. The quantitative estimate of drug-likeness (QED) is 0.753. The Bertz CT molecular complexity index is 480. The number of carbonyl (C=O) groups is 1. The molecular weight excluding hydrogens is 190 g/mol. The number of carbonyl (C=O) groups excluding carboxylic acids is 1. The molecule has 0 radical (unpaired) electrons. The first-order chi connectivity index (χ1) is 7.29. The van der Waals surface area contributed by atoms with Gasteiger partial charge in [-0.05, 0) is 6.07 Å². The maximum absolute atomic E-state index is 11.9. The second-order valence-corrected chi connectivity index (χ2v) is 3.09. The molecule has 1 aromatic carbocycles. The van der Waals surface area contributed by atoms with Crippen molar-refractivity contribution in [3.8, 4) is 5.75 Å². The summed E-state index contributed by atoms with van der Waals surface area (Å²) >= 11 is 0. The molecule has 1 N–H and O–H groups in total. The minimum absolute atomic E-state index is 0.0913. The molecule has 1 heterocycles. The van der Waals surface area contributed by atoms with Gasteiger partial charge in [0.2, 0.25) is 0 Å². The normalized spacial score (nSPS) is 9.87. The number of rotatable bonds is 2. The topological polar surface area (TPSA) is 50.2 Å². The molecule has 0 bridgehead atoms. The molecule has 0 saturated carbocycles. The van der Waals surface area contributed by atoms with Gasteiger partial charge >= 0.3 is 0 Å². The second-order valence-electron chi connectivity index (χ2n) is 3.09. The Morgan fingerprint density at radius 3 is 2.53 bits per heavy atom. The van der Waals surface area contributed by atoms with E-state index in [1.807, 2.05) is 6.07 Å². The standard InChI is InChI=1S/C12H9NO2/c14-11-8-13-7-6-10(11)12(15)9-4-2-1-3-5-9/h1-8,14H. The molecule has 1 aromatic heterocycles. The van der Waals surface area contributed by atoms with Crippen LogP contribution in [0.25, 0.3) is 0 Å². The predicted molar refractivity (Wildman–Crippen MR) is 55.8 cm³/mol. The summed E-state index contributed by atoms with van der Waals surface area (Å²) in [4.78, 5) is 15.6. The van der Waals surface area contributed by atoms with Crippen molar-refractivity contribution in [3.05, 3.63) is 59.9 Å². The molecule has 3 heteroatoms. The molecule has 0 unspecified atom stereocenters. The van der Waals surface area contributed by atoms with Crippen LogP contribution in [0.2, 0.25) is 0 Å². The molecule has 0 spiro atoms. The number of hydrogen-bond donors (Lipinski definition) is 1. The van der Waals surface area contributed by atoms with E-state index in [1.165, 1.54) is 18.5 Å². The fourth-order valence-corrected chi connectivity index (χ4v) is 1.32. The lowest BCUT2D eigenvalue weighted by atomic mass is 10.0. The summed E-state index contributed by atoms with van der Waals surface area (Å²) in [6.45, 7) is 0. The van der Waals surface area contributed by atoms with E-state index in [9.17, 15) is 9.90 Å². The number of aromatic hydroxyl groups is 1. The van der Waals surface area contributed by atoms with Crippen molar-refractivity contribution in [3.63, 3.8) is 0 Å². The van der Waals surface area contributed by atoms with Gasteiger partial charge in [0, 0.05) is 11.8 Å². The van der Waals surface area contributed by atoms with Crippen LogP contribution in [0.3, 0.4) is 0 Å². The molecule has 74 valence electrons. The molecule has 15 heavy (non-hydrogen) atoms. The van der Waals surface area contributed by atoms with E-state index in [0.29, 0.717) is 5.56 Å². The number of pyridine rings is 1. The van der Waals surface area contributed by atoms with Crippen LogP contribution in [-0.4, -0.2) is 15.9 Å². The molecule has 0 aliphatic carbocycles. The van der Waals surface area contributed by atoms with Crippen molar-refractivity contribution < 1.29 is 9.90 Å². The summed E-state index contributed by atoms with van der Waals surface area (Å²) in [5.41, 5.74) is 0.829. The summed E-state index contributed by atoms with van der Waals surface area (Å²) in [6, 6.07) is 10.3. The van der Waals surface area contributed by atoms with Crippen LogP contribution in [0.5, 0.6) is 5.75 Å². The average Bonchev–Trinajstić information content (AvgIpc) is 2.30. The molecule has 2 rings (SSSR count). The van der Waals surface area contributed by atoms with Crippen LogP contribution in [-0.2, 0) is 0 Å². The van der Waals surface area contributed by atoms with Crippen molar-refractivity contribution in [2.45, 2.75) is 0 Å². The first-order valence-electron chi connectivity index (χ1n) is 4.52. The van der Waals surface area contributed by atoms with Crippen molar-refractivity contribution in [2.75, 3.05) is 0 Å². The summed E-state index contributed by atoms with van der Waals surface area (Å²) in [5, 5.41) is 9.46. The maximum atomic E-state index is 11.9. The molecule has 2 aromatic rings. The van der Waals surface area contributed by atoms with E-state index in [2.05, 4.69) is 4.98 Å². The molecule has 0 amide bonds. The van der Waals surface area contributed by atoms with E-state index < -0.39 is 0 Å². The van der Waals surface area contributed by atoms with Crippen molar-refractivity contribution in [2.24, 2.45) is 0 Å². The highest BCUT2D eigenvalue weighted by atomic mass is 16.3. The lowest BCUT2D eigenvalue weighted by Gasteiger charge is -2.02. The van der Waals surface area contributed by atoms with Crippen molar-refractivity contribution in [1.29, 1.82) is 0 Å². The summed E-state index contributed by atoms with van der Waals surface area (Å²) in [5.74, 6) is -0.290. The smallest absolute Gasteiger partial charge is 0.196 e. The highest BCUT2D eigenvalue weighted by Gasteiger charge is 2.12. The minimum atomic E-state index is -0.199. The number of ketones is 1. The van der Waals surface area contributed by atoms with E-state index in [1.54, 1.807) is 24.3 Å². The van der Waals surface area contributed by atoms with Crippen LogP contribution in [0.4, 0.5) is 0 Å². The summed E-state index contributed by atoms with van der Waals surface area (Å²) in [6.07, 6.45) is 2.74. The fraction of sp³-hybridized carbons (Fsp3) is 0. The van der Waals surface area contributed by atoms with E-state index in [-0.39, 0.29) is 17.1 Å². The van der Waals surface area contributed by atoms with Gasteiger partial charge < -0.3 is 5.11 Å². The first-order valence-corrected chi connectivity index (χ1v) is 4.52. The summed E-state index contributed by atoms with van der Waals surface area (Å²) < 4.78 is 0. The molecule has 0 atom stereocenters. The SMILES string of the molecule is O=C(c1ccccc1)c1ccncc1O. The zero-order valence-corrected chi connectivity index (χ0v) is 7.92. The van der Waals surface area contributed by atoms with E-state index in [0.717, 1.165) is 0 Å². The first kappa shape index (κ1) is 9.40. The predicted octanol–water partition coefficient (Wildman–Crippen LogP) is 2.02. The third-order valence-corrected chi connectivity index (χ3v) is 2.08. The third kappa shape index (κ3) is 1.86. The Kier molecular flexibility index (Phi) is 2.46. The molecule has 0 saturated heterocycles. The number of nitrogens with zero attached hydrogens (tertiary/aromatic N) is 1. The zero-order valence-electron chi connectivity index (χ0n) is 7.92. The van der Waals surface area contributed by atoms with Gasteiger partial charge in [-0.3, -0.25) is 9.78 Å². The molecule has 0 fully saturated rings. The van der Waals surface area contributed by atoms with Gasteiger partial charge in [-0.2, -0.15) is 0 Å². The maximum Gasteiger partial charge on any atom is 0.196 e. The molecule has 3 nitrogen and oxygen atoms in total. The number of benzene rings is 1. The molecule has 0 aliphatic heterocycles. The lowest BCUT2D eigenvalue weighted by molar-refractivity contribution is 0.103. The Morgan fingerprint density at radius 1 is 1.13 bits per heavy atom. The van der Waals surface area contributed by atoms with Crippen molar-refractivity contribution >= 4 is 5.78 Å². The second kappa shape index (κ2) is 3.92. The average molecular weight is 199 g/mol. The Labute approximate surface area is 87.0 Å². The number of aromatic nitrogens is 1. The number of hydrogen-bond acceptors (Lipinski definition) is 3. The van der Waals surface area contributed by atoms with Gasteiger partial charge in [-0.15, -0.1) is 0 Å². The van der Waals surface area contributed by atoms with Crippen LogP contribution in [0.15, 0.2) is 48.8 Å². The Balaban J connectivity index is 2.42. The van der Waals surface area contributed by atoms with E-state index in [4.69, 9.17) is 0 Å². The van der Waals surface area contributed by atoms with Crippen LogP contribution < -0.4 is 0 Å². The Hall–Kier alpha value is -2.16. The summed E-state index contributed by atoms with van der Waals surface area (Å²) in [7, 11) is 0. The van der Waals surface area contributed by atoms with Crippen LogP contribution >= 0.6 is 0 Å². The van der Waals surface area contributed by atoms with Gasteiger partial charge in [0.15, 0.2) is 5.78 Å². The zero-order chi connectivity index (χ0) is 10.7. The van der Waals surface area contributed by atoms with Gasteiger partial charge in [0.1, 0.15) is 5.75 Å². The van der Waals surface area contributed by atoms with Gasteiger partial charge in [0.25, 0.3) is 0 Å². The Morgan fingerprint density at radius 2 is 1.87 bits per heavy atom. The molecule has 0 aliphatic rings. The lowest BCUT2D eigenvalue weighted by Crippen LogP contribution is -2.01. The van der Waals surface area contributed by atoms with Crippen molar-refractivity contribution in [1.82, 2.24) is 4.98 Å².